The van der Waals surface area contributed by atoms with Gasteiger partial charge < -0.3 is 40.3 Å². The van der Waals surface area contributed by atoms with Crippen LogP contribution in [0.2, 0.25) is 0 Å². The zero-order valence-corrected chi connectivity index (χ0v) is 38.5. The zero-order valence-electron chi connectivity index (χ0n) is 38.5. The Balaban J connectivity index is 2.24. The molecule has 0 spiro atoms. The van der Waals surface area contributed by atoms with E-state index in [0.717, 1.165) is 51.4 Å². The maximum atomic E-state index is 13.0. The normalized spacial score (nSPS) is 20.9. The fraction of sp³-hybridized carbons (Fsp3) is 0.824. The summed E-state index contributed by atoms with van der Waals surface area (Å²) in [7, 11) is 0. The van der Waals surface area contributed by atoms with Gasteiger partial charge in [0.1, 0.15) is 24.4 Å². The molecule has 7 atom stereocenters. The molecular weight excluding hydrogens is 755 g/mol. The first-order chi connectivity index (χ1) is 29.3. The molecule has 0 bridgehead atoms. The van der Waals surface area contributed by atoms with Crippen LogP contribution in [0.1, 0.15) is 213 Å². The average Bonchev–Trinajstić information content (AvgIpc) is 3.25. The summed E-state index contributed by atoms with van der Waals surface area (Å²) >= 11 is 0. The summed E-state index contributed by atoms with van der Waals surface area (Å²) in [5.41, 5.74) is 0. The van der Waals surface area contributed by atoms with Crippen molar-refractivity contribution in [3.8, 4) is 0 Å². The van der Waals surface area contributed by atoms with Gasteiger partial charge in [-0.1, -0.05) is 191 Å². The number of allylic oxidation sites excluding steroid dienone is 7. The van der Waals surface area contributed by atoms with Crippen LogP contribution in [0.15, 0.2) is 48.6 Å². The first kappa shape index (κ1) is 56.2. The smallest absolute Gasteiger partial charge is 0.220 e. The fourth-order valence-corrected chi connectivity index (χ4v) is 7.58. The number of carbonyl (C=O) groups excluding carboxylic acids is 1. The topological polar surface area (TPSA) is 149 Å². The molecule has 1 fully saturated rings. The van der Waals surface area contributed by atoms with E-state index in [1.807, 2.05) is 6.08 Å². The van der Waals surface area contributed by atoms with Gasteiger partial charge in [0.05, 0.1) is 25.4 Å². The summed E-state index contributed by atoms with van der Waals surface area (Å²) in [4.78, 5) is 13.0. The van der Waals surface area contributed by atoms with E-state index in [4.69, 9.17) is 9.47 Å². The second-order valence-corrected chi connectivity index (χ2v) is 17.2. The number of nitrogens with one attached hydrogen (secondary N) is 1. The third kappa shape index (κ3) is 31.1. The van der Waals surface area contributed by atoms with E-state index in [1.54, 1.807) is 6.08 Å². The number of unbranched alkanes of at least 4 members (excludes halogenated alkanes) is 25. The molecule has 9 heteroatoms. The first-order valence-electron chi connectivity index (χ1n) is 24.9. The zero-order chi connectivity index (χ0) is 43.7. The van der Waals surface area contributed by atoms with Crippen LogP contribution in [0.5, 0.6) is 0 Å². The van der Waals surface area contributed by atoms with Gasteiger partial charge >= 0.3 is 0 Å². The lowest BCUT2D eigenvalue weighted by Gasteiger charge is -2.40. The second-order valence-electron chi connectivity index (χ2n) is 17.2. The molecule has 6 N–H and O–H groups in total. The lowest BCUT2D eigenvalue weighted by atomic mass is 9.99. The van der Waals surface area contributed by atoms with Crippen molar-refractivity contribution >= 4 is 5.91 Å². The van der Waals surface area contributed by atoms with Gasteiger partial charge in [-0.2, -0.15) is 0 Å². The minimum atomic E-state index is -1.57. The molecule has 1 amide bonds. The number of aliphatic hydroxyl groups excluding tert-OH is 5. The van der Waals surface area contributed by atoms with E-state index < -0.39 is 49.5 Å². The van der Waals surface area contributed by atoms with E-state index in [-0.39, 0.29) is 12.5 Å². The molecule has 0 aromatic carbocycles. The average molecular weight is 848 g/mol. The molecule has 0 aromatic rings. The van der Waals surface area contributed by atoms with Crippen molar-refractivity contribution in [1.82, 2.24) is 5.32 Å². The van der Waals surface area contributed by atoms with Crippen molar-refractivity contribution in [1.29, 1.82) is 0 Å². The third-order valence-electron chi connectivity index (χ3n) is 11.6. The van der Waals surface area contributed by atoms with Crippen LogP contribution in [0.4, 0.5) is 0 Å². The predicted octanol–water partition coefficient (Wildman–Crippen LogP) is 11.0. The Labute approximate surface area is 367 Å². The molecule has 350 valence electrons. The van der Waals surface area contributed by atoms with Crippen molar-refractivity contribution in [2.75, 3.05) is 13.2 Å². The molecule has 0 aromatic heterocycles. The van der Waals surface area contributed by atoms with Crippen molar-refractivity contribution in [3.63, 3.8) is 0 Å². The SMILES string of the molecule is CCCC/C=C/CC/C=C/CC/C=C/C(O)C(COC1OC(CO)C(O)C(O)C1O)NC(=O)CCCCCCCCCCCCCCC/C=C\CCCCCCCCCC. The van der Waals surface area contributed by atoms with E-state index in [1.165, 1.54) is 141 Å². The lowest BCUT2D eigenvalue weighted by molar-refractivity contribution is -0.302. The highest BCUT2D eigenvalue weighted by atomic mass is 16.7. The Bertz CT molecular complexity index is 1080. The number of ether oxygens (including phenoxy) is 2. The largest absolute Gasteiger partial charge is 0.394 e. The molecule has 1 aliphatic heterocycles. The van der Waals surface area contributed by atoms with Gasteiger partial charge in [-0.25, -0.2) is 0 Å². The quantitative estimate of drug-likeness (QED) is 0.0263. The Morgan fingerprint density at radius 3 is 1.45 bits per heavy atom. The molecule has 1 saturated heterocycles. The van der Waals surface area contributed by atoms with E-state index in [0.29, 0.717) is 6.42 Å². The molecule has 0 saturated carbocycles. The monoisotopic (exact) mass is 848 g/mol. The lowest BCUT2D eigenvalue weighted by Crippen LogP contribution is -2.60. The third-order valence-corrected chi connectivity index (χ3v) is 11.6. The number of hydrogen-bond acceptors (Lipinski definition) is 8. The van der Waals surface area contributed by atoms with Gasteiger partial charge in [0.15, 0.2) is 6.29 Å². The molecular formula is C51H93NO8. The first-order valence-corrected chi connectivity index (χ1v) is 24.9. The van der Waals surface area contributed by atoms with E-state index in [2.05, 4.69) is 55.6 Å². The Morgan fingerprint density at radius 2 is 0.967 bits per heavy atom. The molecule has 0 aliphatic carbocycles. The molecule has 1 rings (SSSR count). The minimum Gasteiger partial charge on any atom is -0.394 e. The van der Waals surface area contributed by atoms with Gasteiger partial charge in [-0.3, -0.25) is 4.79 Å². The van der Waals surface area contributed by atoms with Gasteiger partial charge in [0.25, 0.3) is 0 Å². The van der Waals surface area contributed by atoms with Crippen LogP contribution in [-0.2, 0) is 14.3 Å². The Hall–Kier alpha value is -1.85. The number of carbonyl (C=O) groups is 1. The van der Waals surface area contributed by atoms with Crippen LogP contribution in [0.3, 0.4) is 0 Å². The summed E-state index contributed by atoms with van der Waals surface area (Å²) in [5.74, 6) is -0.193. The highest BCUT2D eigenvalue weighted by Gasteiger charge is 2.44. The summed E-state index contributed by atoms with van der Waals surface area (Å²) in [5, 5.41) is 54.1. The predicted molar refractivity (Wildman–Crippen MR) is 249 cm³/mol. The molecule has 60 heavy (non-hydrogen) atoms. The number of amides is 1. The minimum absolute atomic E-state index is 0.193. The van der Waals surface area contributed by atoms with Crippen LogP contribution in [0, 0.1) is 0 Å². The van der Waals surface area contributed by atoms with Gasteiger partial charge in [-0.05, 0) is 64.2 Å². The second kappa shape index (κ2) is 41.2. The van der Waals surface area contributed by atoms with Crippen molar-refractivity contribution in [2.24, 2.45) is 0 Å². The van der Waals surface area contributed by atoms with Crippen molar-refractivity contribution in [3.05, 3.63) is 48.6 Å². The fourth-order valence-electron chi connectivity index (χ4n) is 7.58. The number of aliphatic hydroxyl groups is 5. The number of rotatable bonds is 41. The van der Waals surface area contributed by atoms with Gasteiger partial charge in [0.2, 0.25) is 5.91 Å². The number of hydrogen-bond donors (Lipinski definition) is 6. The van der Waals surface area contributed by atoms with Crippen LogP contribution in [-0.4, -0.2) is 87.5 Å². The van der Waals surface area contributed by atoms with Crippen molar-refractivity contribution < 1.29 is 39.8 Å². The Morgan fingerprint density at radius 1 is 0.550 bits per heavy atom. The summed E-state index contributed by atoms with van der Waals surface area (Å²) in [6, 6.07) is -0.826. The molecule has 1 aliphatic rings. The van der Waals surface area contributed by atoms with Gasteiger partial charge in [-0.15, -0.1) is 0 Å². The molecule has 7 unspecified atom stereocenters. The summed E-state index contributed by atoms with van der Waals surface area (Å²) < 4.78 is 11.2. The van der Waals surface area contributed by atoms with Crippen LogP contribution < -0.4 is 5.32 Å². The molecule has 1 heterocycles. The van der Waals surface area contributed by atoms with Crippen LogP contribution in [0.25, 0.3) is 0 Å². The standard InChI is InChI=1S/C51H93NO8/c1-3-5-7-9-11-13-15-17-18-19-20-21-22-23-24-25-26-27-28-29-31-33-35-37-39-41-47(55)52-44(43-59-51-50(58)49(57)48(56)46(42-53)60-51)45(54)40-38-36-34-32-30-16-14-12-10-8-6-4-2/h10,12,19-20,30,32,38,40,44-46,48-51,53-54,56-58H,3-9,11,13-18,21-29,31,33-37,39,41-43H2,1-2H3,(H,52,55)/b12-10+,20-19-,32-30+,40-38+. The highest BCUT2D eigenvalue weighted by molar-refractivity contribution is 5.76. The van der Waals surface area contributed by atoms with E-state index in [9.17, 15) is 30.3 Å². The highest BCUT2D eigenvalue weighted by Crippen LogP contribution is 2.22. The van der Waals surface area contributed by atoms with Crippen LogP contribution >= 0.6 is 0 Å². The maximum absolute atomic E-state index is 13.0. The molecule has 9 nitrogen and oxygen atoms in total. The summed E-state index contributed by atoms with van der Waals surface area (Å²) in [6.07, 6.45) is 46.0. The van der Waals surface area contributed by atoms with Crippen molar-refractivity contribution in [2.45, 2.75) is 256 Å². The maximum Gasteiger partial charge on any atom is 0.220 e. The summed E-state index contributed by atoms with van der Waals surface area (Å²) in [6.45, 7) is 3.70. The van der Waals surface area contributed by atoms with E-state index >= 15 is 0 Å². The van der Waals surface area contributed by atoms with Gasteiger partial charge in [0, 0.05) is 6.42 Å². The molecule has 0 radical (unpaired) electrons. The Kier molecular flexibility index (Phi) is 38.5.